The average molecular weight is 226 g/mol. The Morgan fingerprint density at radius 2 is 2.24 bits per heavy atom. The van der Waals surface area contributed by atoms with Gasteiger partial charge >= 0.3 is 0 Å². The summed E-state index contributed by atoms with van der Waals surface area (Å²) in [5.74, 6) is 0.673. The number of nitrogens with one attached hydrogen (secondary N) is 1. The van der Waals surface area contributed by atoms with E-state index in [0.29, 0.717) is 30.7 Å². The molecule has 1 aliphatic carbocycles. The van der Waals surface area contributed by atoms with Crippen LogP contribution in [0.2, 0.25) is 0 Å². The van der Waals surface area contributed by atoms with Crippen molar-refractivity contribution in [3.05, 3.63) is 46.9 Å². The molecule has 1 saturated carbocycles. The van der Waals surface area contributed by atoms with E-state index in [1.54, 1.807) is 12.3 Å². The summed E-state index contributed by atoms with van der Waals surface area (Å²) in [4.78, 5) is 11.0. The molecule has 0 aliphatic heterocycles. The summed E-state index contributed by atoms with van der Waals surface area (Å²) in [6.07, 6.45) is 4.06. The molecule has 1 aromatic heterocycles. The van der Waals surface area contributed by atoms with Crippen molar-refractivity contribution in [1.82, 2.24) is 10.3 Å². The van der Waals surface area contributed by atoms with E-state index in [1.165, 1.54) is 12.8 Å². The van der Waals surface area contributed by atoms with Crippen LogP contribution in [0.4, 0.5) is 5.69 Å². The predicted molar refractivity (Wildman–Crippen MR) is 65.3 cm³/mol. The highest BCUT2D eigenvalue weighted by atomic mass is 15.0. The Balaban J connectivity index is 1.87. The smallest absolute Gasteiger partial charge is 0.230 e. The second-order valence-corrected chi connectivity index (χ2v) is 4.29. The molecular weight excluding hydrogens is 212 g/mol. The van der Waals surface area contributed by atoms with Crippen LogP contribution in [0.25, 0.3) is 9.69 Å². The van der Waals surface area contributed by atoms with Crippen LogP contribution in [-0.4, -0.2) is 17.6 Å². The summed E-state index contributed by atoms with van der Waals surface area (Å²) in [7, 11) is 0. The zero-order chi connectivity index (χ0) is 12.1. The van der Waals surface area contributed by atoms with E-state index >= 15 is 0 Å². The minimum Gasteiger partial charge on any atom is -0.315 e. The van der Waals surface area contributed by atoms with Crippen LogP contribution in [0.1, 0.15) is 18.5 Å². The largest absolute Gasteiger partial charge is 0.315 e. The van der Waals surface area contributed by atoms with Crippen molar-refractivity contribution in [2.24, 2.45) is 5.92 Å². The molecule has 0 spiro atoms. The molecular formula is C13H14N4. The lowest BCUT2D eigenvalue weighted by molar-refractivity contribution is 0.484. The van der Waals surface area contributed by atoms with Gasteiger partial charge < -0.3 is 10.2 Å². The summed E-state index contributed by atoms with van der Waals surface area (Å²) in [6.45, 7) is 15.0. The van der Waals surface area contributed by atoms with Crippen molar-refractivity contribution in [3.63, 3.8) is 0 Å². The quantitative estimate of drug-likeness (QED) is 0.782. The van der Waals surface area contributed by atoms with Crippen LogP contribution in [-0.2, 0) is 6.54 Å². The predicted octanol–water partition coefficient (Wildman–Crippen LogP) is 2.42. The van der Waals surface area contributed by atoms with Gasteiger partial charge in [-0.1, -0.05) is 6.07 Å². The molecule has 1 unspecified atom stereocenters. The van der Waals surface area contributed by atoms with E-state index in [-0.39, 0.29) is 0 Å². The molecule has 2 rings (SSSR count). The molecule has 17 heavy (non-hydrogen) atoms. The lowest BCUT2D eigenvalue weighted by Crippen LogP contribution is -2.33. The maximum Gasteiger partial charge on any atom is 0.230 e. The molecule has 0 amide bonds. The van der Waals surface area contributed by atoms with Crippen LogP contribution in [0.3, 0.4) is 0 Å². The van der Waals surface area contributed by atoms with Gasteiger partial charge in [-0.2, -0.15) is 0 Å². The molecule has 86 valence electrons. The van der Waals surface area contributed by atoms with E-state index in [2.05, 4.69) is 20.0 Å². The first-order valence-electron chi connectivity index (χ1n) is 5.72. The highest BCUT2D eigenvalue weighted by molar-refractivity contribution is 5.41. The number of aromatic nitrogens is 1. The van der Waals surface area contributed by atoms with Gasteiger partial charge in [0.05, 0.1) is 18.3 Å². The highest BCUT2D eigenvalue weighted by Crippen LogP contribution is 2.32. The summed E-state index contributed by atoms with van der Waals surface area (Å²) >= 11 is 0. The van der Waals surface area contributed by atoms with Crippen LogP contribution < -0.4 is 5.32 Å². The van der Waals surface area contributed by atoms with Crippen LogP contribution in [0.15, 0.2) is 18.3 Å². The van der Waals surface area contributed by atoms with Gasteiger partial charge in [0.2, 0.25) is 12.2 Å². The first-order chi connectivity index (χ1) is 8.33. The van der Waals surface area contributed by atoms with Crippen LogP contribution in [0.5, 0.6) is 0 Å². The number of nitrogens with zero attached hydrogens (tertiary/aromatic N) is 3. The van der Waals surface area contributed by atoms with Crippen molar-refractivity contribution in [2.45, 2.75) is 25.4 Å². The molecule has 0 radical (unpaired) electrons. The van der Waals surface area contributed by atoms with Gasteiger partial charge in [0.1, 0.15) is 0 Å². The molecule has 4 nitrogen and oxygen atoms in total. The van der Waals surface area contributed by atoms with Gasteiger partial charge in [0.25, 0.3) is 0 Å². The SMILES string of the molecule is [C-]#[N+]CC(NCc1ccc([N+]#[C-])cn1)C1CC1. The third-order valence-electron chi connectivity index (χ3n) is 2.96. The van der Waals surface area contributed by atoms with Crippen molar-refractivity contribution < 1.29 is 0 Å². The molecule has 0 bridgehead atoms. The number of pyridine rings is 1. The summed E-state index contributed by atoms with van der Waals surface area (Å²) < 4.78 is 0. The Morgan fingerprint density at radius 3 is 2.76 bits per heavy atom. The third-order valence-corrected chi connectivity index (χ3v) is 2.96. The van der Waals surface area contributed by atoms with Gasteiger partial charge in [-0.3, -0.25) is 4.98 Å². The minimum absolute atomic E-state index is 0.301. The normalized spacial score (nSPS) is 15.9. The van der Waals surface area contributed by atoms with Crippen LogP contribution >= 0.6 is 0 Å². The van der Waals surface area contributed by atoms with E-state index in [1.807, 2.05) is 6.07 Å². The van der Waals surface area contributed by atoms with Gasteiger partial charge in [-0.25, -0.2) is 11.4 Å². The van der Waals surface area contributed by atoms with E-state index in [9.17, 15) is 0 Å². The van der Waals surface area contributed by atoms with E-state index in [0.717, 1.165) is 5.69 Å². The third kappa shape index (κ3) is 3.27. The topological polar surface area (TPSA) is 33.6 Å². The molecule has 1 N–H and O–H groups in total. The van der Waals surface area contributed by atoms with E-state index in [4.69, 9.17) is 13.1 Å². The number of hydrogen-bond acceptors (Lipinski definition) is 2. The number of hydrogen-bond donors (Lipinski definition) is 1. The first kappa shape index (κ1) is 11.6. The molecule has 1 heterocycles. The fourth-order valence-corrected chi connectivity index (χ4v) is 1.80. The Hall–Kier alpha value is -1.91. The maximum atomic E-state index is 6.93. The Kier molecular flexibility index (Phi) is 3.69. The molecule has 1 aliphatic rings. The molecule has 0 aromatic carbocycles. The lowest BCUT2D eigenvalue weighted by Gasteiger charge is -2.12. The van der Waals surface area contributed by atoms with Crippen molar-refractivity contribution in [1.29, 1.82) is 0 Å². The minimum atomic E-state index is 0.301. The van der Waals surface area contributed by atoms with Gasteiger partial charge in [-0.15, -0.1) is 0 Å². The van der Waals surface area contributed by atoms with Crippen molar-refractivity contribution in [3.8, 4) is 0 Å². The Morgan fingerprint density at radius 1 is 1.41 bits per heavy atom. The zero-order valence-corrected chi connectivity index (χ0v) is 9.56. The molecule has 1 atom stereocenters. The molecule has 1 fully saturated rings. The summed E-state index contributed by atoms with van der Waals surface area (Å²) in [6, 6.07) is 3.94. The first-order valence-corrected chi connectivity index (χ1v) is 5.72. The van der Waals surface area contributed by atoms with E-state index < -0.39 is 0 Å². The number of rotatable bonds is 5. The lowest BCUT2D eigenvalue weighted by atomic mass is 10.2. The zero-order valence-electron chi connectivity index (χ0n) is 9.56. The standard InChI is InChI=1S/C13H14N4/c1-14-9-13(10-3-4-10)17-8-12-6-5-11(15-2)7-16-12/h5-7,10,13,17H,3-4,8-9H2. The molecule has 4 heteroatoms. The fraction of sp³-hybridized carbons (Fsp3) is 0.462. The monoisotopic (exact) mass is 226 g/mol. The van der Waals surface area contributed by atoms with Gasteiger partial charge in [-0.05, 0) is 24.8 Å². The Bertz CT molecular complexity index is 448. The van der Waals surface area contributed by atoms with Crippen molar-refractivity contribution in [2.75, 3.05) is 6.54 Å². The average Bonchev–Trinajstić information content (AvgIpc) is 3.19. The second-order valence-electron chi connectivity index (χ2n) is 4.29. The maximum absolute atomic E-state index is 6.93. The molecule has 0 saturated heterocycles. The fourth-order valence-electron chi connectivity index (χ4n) is 1.80. The summed E-state index contributed by atoms with van der Waals surface area (Å²) in [5.41, 5.74) is 1.49. The van der Waals surface area contributed by atoms with Gasteiger partial charge in [0, 0.05) is 12.7 Å². The molecule has 1 aromatic rings. The summed E-state index contributed by atoms with van der Waals surface area (Å²) in [5, 5.41) is 3.38. The second kappa shape index (κ2) is 5.43. The van der Waals surface area contributed by atoms with Crippen molar-refractivity contribution >= 4 is 5.69 Å². The Labute approximate surface area is 101 Å². The van der Waals surface area contributed by atoms with Crippen LogP contribution in [0, 0.1) is 19.1 Å². The highest BCUT2D eigenvalue weighted by Gasteiger charge is 2.32. The van der Waals surface area contributed by atoms with Gasteiger partial charge in [0.15, 0.2) is 0 Å².